The zero-order valence-electron chi connectivity index (χ0n) is 18.4. The third-order valence-corrected chi connectivity index (χ3v) is 5.95. The average Bonchev–Trinajstić information content (AvgIpc) is 3.47. The maximum Gasteiger partial charge on any atom is 0.191 e. The van der Waals surface area contributed by atoms with Gasteiger partial charge < -0.3 is 24.5 Å². The van der Waals surface area contributed by atoms with Gasteiger partial charge in [-0.25, -0.2) is 0 Å². The topological polar surface area (TPSA) is 71.3 Å². The van der Waals surface area contributed by atoms with Crippen LogP contribution >= 0.6 is 0 Å². The molecular weight excluding hydrogens is 392 g/mol. The molecule has 1 aromatic carbocycles. The Labute approximate surface area is 184 Å². The summed E-state index contributed by atoms with van der Waals surface area (Å²) in [4.78, 5) is 7.31. The van der Waals surface area contributed by atoms with Gasteiger partial charge in [0.25, 0.3) is 0 Å². The summed E-state index contributed by atoms with van der Waals surface area (Å²) in [5.74, 6) is 3.13. The Bertz CT molecular complexity index is 818. The molecule has 0 amide bonds. The van der Waals surface area contributed by atoms with Crippen molar-refractivity contribution in [3.05, 3.63) is 54.0 Å². The number of guanidine groups is 1. The normalized spacial score (nSPS) is 20.2. The molecule has 0 radical (unpaired) electrons. The Balaban J connectivity index is 1.31. The Morgan fingerprint density at radius 1 is 1.19 bits per heavy atom. The lowest BCUT2D eigenvalue weighted by Gasteiger charge is -2.26. The SMILES string of the molecule is CC(NC(=NCCCN1CCOCC1)NCCc1ccco1)C1COc2ccccc21. The van der Waals surface area contributed by atoms with Gasteiger partial charge in [-0.3, -0.25) is 9.89 Å². The van der Waals surface area contributed by atoms with Crippen LogP contribution in [0.4, 0.5) is 0 Å². The van der Waals surface area contributed by atoms with Crippen molar-refractivity contribution in [3.8, 4) is 5.75 Å². The van der Waals surface area contributed by atoms with Gasteiger partial charge in [0.2, 0.25) is 0 Å². The minimum absolute atomic E-state index is 0.206. The van der Waals surface area contributed by atoms with Crippen LogP contribution in [-0.2, 0) is 11.2 Å². The number of benzene rings is 1. The minimum Gasteiger partial charge on any atom is -0.493 e. The third-order valence-electron chi connectivity index (χ3n) is 5.95. The van der Waals surface area contributed by atoms with Gasteiger partial charge in [-0.05, 0) is 31.5 Å². The second-order valence-corrected chi connectivity index (χ2v) is 8.18. The average molecular weight is 427 g/mol. The number of morpholine rings is 1. The molecule has 0 aliphatic carbocycles. The first-order valence-electron chi connectivity index (χ1n) is 11.4. The monoisotopic (exact) mass is 426 g/mol. The van der Waals surface area contributed by atoms with Crippen LogP contribution in [0.25, 0.3) is 0 Å². The number of nitrogens with one attached hydrogen (secondary N) is 2. The van der Waals surface area contributed by atoms with E-state index in [9.17, 15) is 0 Å². The van der Waals surface area contributed by atoms with Crippen molar-refractivity contribution in [2.24, 2.45) is 4.99 Å². The van der Waals surface area contributed by atoms with Crippen molar-refractivity contribution in [3.63, 3.8) is 0 Å². The molecule has 3 heterocycles. The first-order chi connectivity index (χ1) is 15.3. The van der Waals surface area contributed by atoms with E-state index in [1.165, 1.54) is 5.56 Å². The predicted molar refractivity (Wildman–Crippen MR) is 122 cm³/mol. The highest BCUT2D eigenvalue weighted by molar-refractivity contribution is 5.80. The minimum atomic E-state index is 0.206. The number of hydrogen-bond acceptors (Lipinski definition) is 5. The standard InChI is InChI=1S/C24H34N4O3/c1-19(22-18-31-23-8-3-2-7-21(22)23)27-24(26-11-9-20-6-4-15-30-20)25-10-5-12-28-13-16-29-17-14-28/h2-4,6-8,15,19,22H,5,9-14,16-18H2,1H3,(H2,25,26,27). The molecule has 31 heavy (non-hydrogen) atoms. The molecular formula is C24H34N4O3. The predicted octanol–water partition coefficient (Wildman–Crippen LogP) is 2.64. The molecule has 168 valence electrons. The van der Waals surface area contributed by atoms with Crippen molar-refractivity contribution in [1.29, 1.82) is 0 Å². The van der Waals surface area contributed by atoms with E-state index in [1.807, 2.05) is 24.3 Å². The maximum absolute atomic E-state index is 5.88. The number of fused-ring (bicyclic) bond motifs is 1. The molecule has 0 saturated carbocycles. The van der Waals surface area contributed by atoms with Crippen LogP contribution in [0.5, 0.6) is 5.75 Å². The summed E-state index contributed by atoms with van der Waals surface area (Å²) in [5, 5.41) is 7.09. The summed E-state index contributed by atoms with van der Waals surface area (Å²) in [7, 11) is 0. The molecule has 2 aromatic rings. The van der Waals surface area contributed by atoms with Crippen molar-refractivity contribution < 1.29 is 13.9 Å². The fraction of sp³-hybridized carbons (Fsp3) is 0.542. The smallest absolute Gasteiger partial charge is 0.191 e. The molecule has 1 fully saturated rings. The highest BCUT2D eigenvalue weighted by Gasteiger charge is 2.29. The van der Waals surface area contributed by atoms with Crippen LogP contribution in [0.1, 0.15) is 30.6 Å². The molecule has 0 spiro atoms. The van der Waals surface area contributed by atoms with E-state index in [0.717, 1.165) is 76.2 Å². The number of ether oxygens (including phenoxy) is 2. The quantitative estimate of drug-likeness (QED) is 0.365. The van der Waals surface area contributed by atoms with E-state index in [1.54, 1.807) is 6.26 Å². The lowest BCUT2D eigenvalue weighted by molar-refractivity contribution is 0.0377. The van der Waals surface area contributed by atoms with E-state index in [-0.39, 0.29) is 6.04 Å². The summed E-state index contributed by atoms with van der Waals surface area (Å²) in [6, 6.07) is 12.4. The van der Waals surface area contributed by atoms with E-state index < -0.39 is 0 Å². The molecule has 4 rings (SSSR count). The van der Waals surface area contributed by atoms with E-state index in [2.05, 4.69) is 34.6 Å². The van der Waals surface area contributed by atoms with Crippen LogP contribution in [0.2, 0.25) is 0 Å². The molecule has 1 saturated heterocycles. The molecule has 7 nitrogen and oxygen atoms in total. The number of nitrogens with zero attached hydrogens (tertiary/aromatic N) is 2. The second kappa shape index (κ2) is 11.2. The lowest BCUT2D eigenvalue weighted by Crippen LogP contribution is -2.45. The maximum atomic E-state index is 5.88. The molecule has 0 bridgehead atoms. The van der Waals surface area contributed by atoms with Crippen LogP contribution < -0.4 is 15.4 Å². The molecule has 2 aliphatic heterocycles. The Hall–Kier alpha value is -2.51. The zero-order valence-corrected chi connectivity index (χ0v) is 18.4. The van der Waals surface area contributed by atoms with Gasteiger partial charge in [0.05, 0.1) is 26.1 Å². The Kier molecular flexibility index (Phi) is 7.85. The lowest BCUT2D eigenvalue weighted by atomic mass is 9.94. The highest BCUT2D eigenvalue weighted by Crippen LogP contribution is 2.35. The van der Waals surface area contributed by atoms with Crippen LogP contribution in [-0.4, -0.2) is 69.4 Å². The molecule has 7 heteroatoms. The zero-order chi connectivity index (χ0) is 21.3. The fourth-order valence-electron chi connectivity index (χ4n) is 4.14. The van der Waals surface area contributed by atoms with E-state index in [0.29, 0.717) is 12.5 Å². The van der Waals surface area contributed by atoms with E-state index in [4.69, 9.17) is 18.9 Å². The van der Waals surface area contributed by atoms with Crippen molar-refractivity contribution >= 4 is 5.96 Å². The first kappa shape index (κ1) is 21.7. The summed E-state index contributed by atoms with van der Waals surface area (Å²) < 4.78 is 16.8. The van der Waals surface area contributed by atoms with Crippen molar-refractivity contribution in [2.45, 2.75) is 31.7 Å². The van der Waals surface area contributed by atoms with Gasteiger partial charge in [-0.1, -0.05) is 18.2 Å². The van der Waals surface area contributed by atoms with Crippen molar-refractivity contribution in [1.82, 2.24) is 15.5 Å². The Morgan fingerprint density at radius 3 is 2.90 bits per heavy atom. The molecule has 2 unspecified atom stereocenters. The van der Waals surface area contributed by atoms with Crippen LogP contribution in [0.15, 0.2) is 52.1 Å². The van der Waals surface area contributed by atoms with Crippen LogP contribution in [0, 0.1) is 0 Å². The molecule has 2 atom stereocenters. The third kappa shape index (κ3) is 6.24. The van der Waals surface area contributed by atoms with Gasteiger partial charge in [-0.2, -0.15) is 0 Å². The van der Waals surface area contributed by atoms with Crippen molar-refractivity contribution in [2.75, 3.05) is 52.5 Å². The molecule has 2 aliphatic rings. The second-order valence-electron chi connectivity index (χ2n) is 8.18. The summed E-state index contributed by atoms with van der Waals surface area (Å²) in [6.07, 6.45) is 3.58. The number of rotatable bonds is 9. The van der Waals surface area contributed by atoms with Gasteiger partial charge in [-0.15, -0.1) is 0 Å². The van der Waals surface area contributed by atoms with Gasteiger partial charge in [0, 0.05) is 56.7 Å². The number of hydrogen-bond donors (Lipinski definition) is 2. The van der Waals surface area contributed by atoms with Crippen LogP contribution in [0.3, 0.4) is 0 Å². The molecule has 2 N–H and O–H groups in total. The van der Waals surface area contributed by atoms with Gasteiger partial charge in [0.15, 0.2) is 5.96 Å². The largest absolute Gasteiger partial charge is 0.493 e. The molecule has 1 aromatic heterocycles. The summed E-state index contributed by atoms with van der Waals surface area (Å²) in [5.41, 5.74) is 1.27. The summed E-state index contributed by atoms with van der Waals surface area (Å²) in [6.45, 7) is 9.25. The summed E-state index contributed by atoms with van der Waals surface area (Å²) >= 11 is 0. The highest BCUT2D eigenvalue weighted by atomic mass is 16.5. The first-order valence-corrected chi connectivity index (χ1v) is 11.4. The number of aliphatic imine (C=N–C) groups is 1. The van der Waals surface area contributed by atoms with Gasteiger partial charge in [0.1, 0.15) is 11.5 Å². The number of para-hydroxylation sites is 1. The van der Waals surface area contributed by atoms with Gasteiger partial charge >= 0.3 is 0 Å². The fourth-order valence-corrected chi connectivity index (χ4v) is 4.14. The van der Waals surface area contributed by atoms with E-state index >= 15 is 0 Å². The number of furan rings is 1. The Morgan fingerprint density at radius 2 is 2.06 bits per heavy atom.